The normalized spacial score (nSPS) is 15.7. The topological polar surface area (TPSA) is 88.0 Å². The fourth-order valence-electron chi connectivity index (χ4n) is 4.09. The Bertz CT molecular complexity index is 929. The molecule has 0 aromatic heterocycles. The number of nitrogens with one attached hydrogen (secondary N) is 1. The first-order chi connectivity index (χ1) is 16.0. The summed E-state index contributed by atoms with van der Waals surface area (Å²) < 4.78 is 16.6. The summed E-state index contributed by atoms with van der Waals surface area (Å²) >= 11 is 0. The summed E-state index contributed by atoms with van der Waals surface area (Å²) in [6, 6.07) is 14.2. The van der Waals surface area contributed by atoms with Crippen molar-refractivity contribution in [1.29, 1.82) is 0 Å². The van der Waals surface area contributed by atoms with Crippen LogP contribution in [0.2, 0.25) is 0 Å². The van der Waals surface area contributed by atoms with Gasteiger partial charge in [0.1, 0.15) is 24.0 Å². The van der Waals surface area contributed by atoms with Gasteiger partial charge in [0.2, 0.25) is 0 Å². The van der Waals surface area contributed by atoms with E-state index < -0.39 is 6.09 Å². The maximum atomic E-state index is 13.2. The molecule has 1 unspecified atom stereocenters. The van der Waals surface area contributed by atoms with Crippen LogP contribution < -0.4 is 14.8 Å². The molecule has 1 N–H and O–H groups in total. The zero-order valence-electron chi connectivity index (χ0n) is 19.6. The van der Waals surface area contributed by atoms with Gasteiger partial charge >= 0.3 is 6.09 Å². The number of ether oxygens (including phenoxy) is 3. The van der Waals surface area contributed by atoms with E-state index in [4.69, 9.17) is 14.2 Å². The molecule has 1 aliphatic heterocycles. The number of hydrogen-bond acceptors (Lipinski definition) is 5. The lowest BCUT2D eigenvalue weighted by Gasteiger charge is -2.51. The second kappa shape index (κ2) is 11.6. The van der Waals surface area contributed by atoms with E-state index in [-0.39, 0.29) is 16.6 Å². The molecule has 33 heavy (non-hydrogen) atoms. The maximum absolute atomic E-state index is 13.2. The largest absolute Gasteiger partial charge is 0.497 e. The molecule has 0 radical (unpaired) electrons. The Labute approximate surface area is 195 Å². The Morgan fingerprint density at radius 2 is 1.76 bits per heavy atom. The molecule has 1 fully saturated rings. The third-order valence-corrected chi connectivity index (χ3v) is 5.88. The quantitative estimate of drug-likeness (QED) is 0.528. The van der Waals surface area contributed by atoms with Crippen LogP contribution in [0.1, 0.15) is 43.0 Å². The number of anilines is 1. The van der Waals surface area contributed by atoms with Gasteiger partial charge in [-0.2, -0.15) is 0 Å². The molecule has 1 heterocycles. The first-order valence-corrected chi connectivity index (χ1v) is 11.4. The van der Waals surface area contributed by atoms with Gasteiger partial charge in [-0.05, 0) is 49.9 Å². The SMILES string of the molecule is CCC(C[N+]1([N-]C(=O)c2ccc(OC)cc2OC)CCCCC1)OC(=O)Nc1ccccc1. The number of carbonyl (C=O) groups excluding carboxylic acids is 2. The number of carbonyl (C=O) groups is 2. The van der Waals surface area contributed by atoms with Crippen LogP contribution in [0.15, 0.2) is 48.5 Å². The van der Waals surface area contributed by atoms with Crippen LogP contribution in [0.3, 0.4) is 0 Å². The van der Waals surface area contributed by atoms with Gasteiger partial charge in [-0.3, -0.25) is 5.32 Å². The number of rotatable bonds is 9. The predicted molar refractivity (Wildman–Crippen MR) is 127 cm³/mol. The number of piperidine rings is 1. The monoisotopic (exact) mass is 455 g/mol. The third kappa shape index (κ3) is 6.61. The van der Waals surface area contributed by atoms with Crippen LogP contribution in [0, 0.1) is 0 Å². The number of hydrogen-bond donors (Lipinski definition) is 1. The van der Waals surface area contributed by atoms with Gasteiger partial charge in [-0.15, -0.1) is 0 Å². The summed E-state index contributed by atoms with van der Waals surface area (Å²) in [5.74, 6) is 0.679. The second-order valence-electron chi connectivity index (χ2n) is 8.18. The fourth-order valence-corrected chi connectivity index (χ4v) is 4.09. The van der Waals surface area contributed by atoms with Crippen molar-refractivity contribution in [3.63, 3.8) is 0 Å². The Kier molecular flexibility index (Phi) is 8.54. The van der Waals surface area contributed by atoms with Crippen LogP contribution in [0.4, 0.5) is 10.5 Å². The minimum Gasteiger partial charge on any atom is -0.497 e. The molecule has 1 saturated heterocycles. The van der Waals surface area contributed by atoms with Gasteiger partial charge in [0.05, 0.1) is 27.3 Å². The number of methoxy groups -OCH3 is 2. The lowest BCUT2D eigenvalue weighted by atomic mass is 10.1. The molecule has 0 spiro atoms. The standard InChI is InChI=1S/C25H33N3O5/c1-4-20(33-25(30)26-19-11-7-5-8-12-19)18-28(15-9-6-10-16-28)27-24(29)22-14-13-21(31-2)17-23(22)32-3/h5,7-8,11-14,17,20H,4,6,9-10,15-16,18H2,1-3H3,(H,26,30). The summed E-state index contributed by atoms with van der Waals surface area (Å²) in [4.78, 5) is 25.7. The van der Waals surface area contributed by atoms with Crippen LogP contribution in [-0.4, -0.2) is 56.6 Å². The lowest BCUT2D eigenvalue weighted by molar-refractivity contribution is -0.896. The average molecular weight is 456 g/mol. The lowest BCUT2D eigenvalue weighted by Crippen LogP contribution is -2.53. The Hall–Kier alpha value is -3.26. The van der Waals surface area contributed by atoms with Gasteiger partial charge in [0.15, 0.2) is 6.10 Å². The summed E-state index contributed by atoms with van der Waals surface area (Å²) in [7, 11) is 3.08. The number of para-hydroxylation sites is 1. The van der Waals surface area contributed by atoms with E-state index in [9.17, 15) is 9.59 Å². The highest BCUT2D eigenvalue weighted by Crippen LogP contribution is 2.31. The highest BCUT2D eigenvalue weighted by atomic mass is 16.6. The highest BCUT2D eigenvalue weighted by molar-refractivity contribution is 6.04. The molecular weight excluding hydrogens is 422 g/mol. The molecule has 1 atom stereocenters. The summed E-state index contributed by atoms with van der Waals surface area (Å²) in [5.41, 5.74) is 5.71. The zero-order valence-corrected chi connectivity index (χ0v) is 19.6. The van der Waals surface area contributed by atoms with Crippen molar-refractivity contribution < 1.29 is 28.4 Å². The molecule has 0 bridgehead atoms. The molecule has 8 heteroatoms. The molecule has 3 rings (SSSR count). The van der Waals surface area contributed by atoms with Crippen LogP contribution in [0.25, 0.3) is 5.43 Å². The fraction of sp³-hybridized carbons (Fsp3) is 0.440. The maximum Gasteiger partial charge on any atom is 0.412 e. The van der Waals surface area contributed by atoms with E-state index in [0.717, 1.165) is 32.4 Å². The van der Waals surface area contributed by atoms with E-state index >= 15 is 0 Å². The van der Waals surface area contributed by atoms with Crippen molar-refractivity contribution >= 4 is 17.7 Å². The van der Waals surface area contributed by atoms with E-state index in [1.807, 2.05) is 25.1 Å². The Morgan fingerprint density at radius 3 is 2.39 bits per heavy atom. The van der Waals surface area contributed by atoms with Crippen LogP contribution in [-0.2, 0) is 4.74 Å². The molecule has 1 aliphatic rings. The van der Waals surface area contributed by atoms with Crippen molar-refractivity contribution in [3.8, 4) is 11.5 Å². The van der Waals surface area contributed by atoms with Gasteiger partial charge in [-0.25, -0.2) is 4.79 Å². The van der Waals surface area contributed by atoms with Crippen molar-refractivity contribution in [3.05, 3.63) is 59.5 Å². The van der Waals surface area contributed by atoms with Gasteiger partial charge in [0.25, 0.3) is 0 Å². The van der Waals surface area contributed by atoms with Crippen molar-refractivity contribution in [1.82, 2.24) is 0 Å². The second-order valence-corrected chi connectivity index (χ2v) is 8.18. The summed E-state index contributed by atoms with van der Waals surface area (Å²) in [6.45, 7) is 3.87. The first kappa shape index (κ1) is 24.4. The van der Waals surface area contributed by atoms with E-state index in [0.29, 0.717) is 35.7 Å². The first-order valence-electron chi connectivity index (χ1n) is 11.4. The average Bonchev–Trinajstić information content (AvgIpc) is 2.84. The van der Waals surface area contributed by atoms with E-state index in [1.54, 1.807) is 37.4 Å². The number of quaternary nitrogens is 1. The summed E-state index contributed by atoms with van der Waals surface area (Å²) in [6.07, 6.45) is 2.76. The van der Waals surface area contributed by atoms with Crippen LogP contribution in [0.5, 0.6) is 11.5 Å². The number of likely N-dealkylation sites (tertiary alicyclic amines) is 1. The molecule has 178 valence electrons. The molecule has 2 amide bonds. The Morgan fingerprint density at radius 1 is 1.03 bits per heavy atom. The minimum absolute atomic E-state index is 0.241. The van der Waals surface area contributed by atoms with Crippen molar-refractivity contribution in [2.75, 3.05) is 39.2 Å². The molecule has 0 aliphatic carbocycles. The number of benzene rings is 2. The van der Waals surface area contributed by atoms with Crippen LogP contribution >= 0.6 is 0 Å². The molecular formula is C25H33N3O5. The van der Waals surface area contributed by atoms with Gasteiger partial charge < -0.3 is 29.0 Å². The number of nitrogens with zero attached hydrogens (tertiary/aromatic N) is 2. The highest BCUT2D eigenvalue weighted by Gasteiger charge is 2.30. The molecule has 8 nitrogen and oxygen atoms in total. The molecule has 0 saturated carbocycles. The summed E-state index contributed by atoms with van der Waals surface area (Å²) in [5, 5.41) is 2.75. The third-order valence-electron chi connectivity index (χ3n) is 5.88. The minimum atomic E-state index is -0.508. The number of amides is 2. The molecule has 2 aromatic rings. The Balaban J connectivity index is 1.72. The zero-order chi connectivity index (χ0) is 23.7. The van der Waals surface area contributed by atoms with E-state index in [1.165, 1.54) is 7.11 Å². The van der Waals surface area contributed by atoms with Gasteiger partial charge in [0, 0.05) is 17.3 Å². The van der Waals surface area contributed by atoms with Gasteiger partial charge in [-0.1, -0.05) is 25.1 Å². The van der Waals surface area contributed by atoms with Crippen molar-refractivity contribution in [2.45, 2.75) is 38.7 Å². The smallest absolute Gasteiger partial charge is 0.412 e. The molecule has 2 aromatic carbocycles. The van der Waals surface area contributed by atoms with Crippen molar-refractivity contribution in [2.24, 2.45) is 0 Å². The van der Waals surface area contributed by atoms with E-state index in [2.05, 4.69) is 10.7 Å². The predicted octanol–water partition coefficient (Wildman–Crippen LogP) is 5.16.